The molecule has 0 aliphatic rings. The monoisotopic (exact) mass is 278 g/mol. The SMILES string of the molecule is CCCCCCNC(=O)Nc1ccc(C(=O)O)cc1C. The number of carbonyl (C=O) groups excluding carboxylic acids is 1. The van der Waals surface area contributed by atoms with Crippen molar-refractivity contribution in [2.24, 2.45) is 0 Å². The maximum atomic E-state index is 11.7. The van der Waals surface area contributed by atoms with Crippen LogP contribution < -0.4 is 10.6 Å². The van der Waals surface area contributed by atoms with Crippen molar-refractivity contribution in [1.29, 1.82) is 0 Å². The van der Waals surface area contributed by atoms with Gasteiger partial charge in [-0.25, -0.2) is 9.59 Å². The number of aryl methyl sites for hydroxylation is 1. The molecule has 110 valence electrons. The molecule has 3 N–H and O–H groups in total. The lowest BCUT2D eigenvalue weighted by Crippen LogP contribution is -2.29. The van der Waals surface area contributed by atoms with Crippen molar-refractivity contribution in [2.45, 2.75) is 39.5 Å². The zero-order valence-electron chi connectivity index (χ0n) is 12.0. The Morgan fingerprint density at radius 2 is 1.95 bits per heavy atom. The summed E-state index contributed by atoms with van der Waals surface area (Å²) in [5.41, 5.74) is 1.57. The second-order valence-electron chi connectivity index (χ2n) is 4.78. The Morgan fingerprint density at radius 1 is 1.20 bits per heavy atom. The summed E-state index contributed by atoms with van der Waals surface area (Å²) in [7, 11) is 0. The number of aromatic carboxylic acids is 1. The Bertz CT molecular complexity index is 472. The van der Waals surface area contributed by atoms with Gasteiger partial charge in [0.2, 0.25) is 0 Å². The zero-order valence-corrected chi connectivity index (χ0v) is 12.0. The number of nitrogens with one attached hydrogen (secondary N) is 2. The molecule has 0 radical (unpaired) electrons. The molecular weight excluding hydrogens is 256 g/mol. The molecule has 0 bridgehead atoms. The van der Waals surface area contributed by atoms with Gasteiger partial charge in [0.15, 0.2) is 0 Å². The van der Waals surface area contributed by atoms with Crippen LogP contribution in [0.15, 0.2) is 18.2 Å². The van der Waals surface area contributed by atoms with Gasteiger partial charge < -0.3 is 15.7 Å². The number of carboxylic acids is 1. The fourth-order valence-electron chi connectivity index (χ4n) is 1.86. The van der Waals surface area contributed by atoms with Crippen LogP contribution in [0.1, 0.15) is 48.5 Å². The van der Waals surface area contributed by atoms with E-state index in [9.17, 15) is 9.59 Å². The third kappa shape index (κ3) is 5.30. The topological polar surface area (TPSA) is 78.4 Å². The van der Waals surface area contributed by atoms with E-state index in [1.807, 2.05) is 0 Å². The summed E-state index contributed by atoms with van der Waals surface area (Å²) in [4.78, 5) is 22.5. The van der Waals surface area contributed by atoms with Gasteiger partial charge in [0.05, 0.1) is 5.56 Å². The van der Waals surface area contributed by atoms with Gasteiger partial charge >= 0.3 is 12.0 Å². The summed E-state index contributed by atoms with van der Waals surface area (Å²) in [5, 5.41) is 14.4. The second-order valence-corrected chi connectivity index (χ2v) is 4.78. The van der Waals surface area contributed by atoms with Crippen LogP contribution in [-0.2, 0) is 0 Å². The van der Waals surface area contributed by atoms with Crippen molar-refractivity contribution >= 4 is 17.7 Å². The predicted octanol–water partition coefficient (Wildman–Crippen LogP) is 3.40. The van der Waals surface area contributed by atoms with Crippen molar-refractivity contribution < 1.29 is 14.7 Å². The van der Waals surface area contributed by atoms with E-state index in [2.05, 4.69) is 17.6 Å². The van der Waals surface area contributed by atoms with Crippen LogP contribution in [0.2, 0.25) is 0 Å². The quantitative estimate of drug-likeness (QED) is 0.669. The summed E-state index contributed by atoms with van der Waals surface area (Å²) < 4.78 is 0. The number of carbonyl (C=O) groups is 2. The fraction of sp³-hybridized carbons (Fsp3) is 0.467. The highest BCUT2D eigenvalue weighted by molar-refractivity contribution is 5.92. The van der Waals surface area contributed by atoms with Gasteiger partial charge in [0, 0.05) is 12.2 Å². The highest BCUT2D eigenvalue weighted by atomic mass is 16.4. The van der Waals surface area contributed by atoms with Crippen LogP contribution >= 0.6 is 0 Å². The van der Waals surface area contributed by atoms with Gasteiger partial charge in [-0.2, -0.15) is 0 Å². The number of urea groups is 1. The molecule has 0 aliphatic carbocycles. The number of rotatable bonds is 7. The molecule has 5 heteroatoms. The largest absolute Gasteiger partial charge is 0.478 e. The van der Waals surface area contributed by atoms with E-state index in [0.717, 1.165) is 18.4 Å². The first-order chi connectivity index (χ1) is 9.54. The molecule has 0 unspecified atom stereocenters. The number of carboxylic acid groups (broad SMARTS) is 1. The van der Waals surface area contributed by atoms with Crippen molar-refractivity contribution in [2.75, 3.05) is 11.9 Å². The molecule has 1 rings (SSSR count). The van der Waals surface area contributed by atoms with Crippen LogP contribution in [-0.4, -0.2) is 23.7 Å². The summed E-state index contributed by atoms with van der Waals surface area (Å²) in [6.07, 6.45) is 4.43. The average Bonchev–Trinajstić information content (AvgIpc) is 2.40. The summed E-state index contributed by atoms with van der Waals surface area (Å²) in [6, 6.07) is 4.37. The van der Waals surface area contributed by atoms with Crippen molar-refractivity contribution in [1.82, 2.24) is 5.32 Å². The van der Waals surface area contributed by atoms with E-state index in [1.54, 1.807) is 19.1 Å². The van der Waals surface area contributed by atoms with E-state index < -0.39 is 5.97 Å². The number of hydrogen-bond donors (Lipinski definition) is 3. The molecule has 5 nitrogen and oxygen atoms in total. The average molecular weight is 278 g/mol. The first kappa shape index (κ1) is 16.0. The van der Waals surface area contributed by atoms with E-state index in [0.29, 0.717) is 12.2 Å². The molecule has 20 heavy (non-hydrogen) atoms. The normalized spacial score (nSPS) is 10.1. The molecule has 0 aliphatic heterocycles. The highest BCUT2D eigenvalue weighted by Crippen LogP contribution is 2.16. The lowest BCUT2D eigenvalue weighted by Gasteiger charge is -2.10. The molecule has 0 fully saturated rings. The molecular formula is C15H22N2O3. The lowest BCUT2D eigenvalue weighted by atomic mass is 10.1. The standard InChI is InChI=1S/C15H22N2O3/c1-3-4-5-6-9-16-15(20)17-13-8-7-12(14(18)19)10-11(13)2/h7-8,10H,3-6,9H2,1-2H3,(H,18,19)(H2,16,17,20). The van der Waals surface area contributed by atoms with Crippen LogP contribution in [0.25, 0.3) is 0 Å². The summed E-state index contributed by atoms with van der Waals surface area (Å²) in [6.45, 7) is 4.56. The predicted molar refractivity (Wildman–Crippen MR) is 79.3 cm³/mol. The lowest BCUT2D eigenvalue weighted by molar-refractivity contribution is 0.0697. The van der Waals surface area contributed by atoms with Crippen molar-refractivity contribution in [3.05, 3.63) is 29.3 Å². The van der Waals surface area contributed by atoms with E-state index in [4.69, 9.17) is 5.11 Å². The minimum absolute atomic E-state index is 0.216. The summed E-state index contributed by atoms with van der Waals surface area (Å²) in [5.74, 6) is -0.972. The smallest absolute Gasteiger partial charge is 0.335 e. The Labute approximate surface area is 119 Å². The number of anilines is 1. The summed E-state index contributed by atoms with van der Waals surface area (Å²) >= 11 is 0. The molecule has 0 aromatic heterocycles. The van der Waals surface area contributed by atoms with Crippen LogP contribution in [0.3, 0.4) is 0 Å². The minimum Gasteiger partial charge on any atom is -0.478 e. The Balaban J connectivity index is 2.44. The van der Waals surface area contributed by atoms with Crippen molar-refractivity contribution in [3.63, 3.8) is 0 Å². The maximum absolute atomic E-state index is 11.7. The van der Waals surface area contributed by atoms with Gasteiger partial charge in [-0.3, -0.25) is 0 Å². The van der Waals surface area contributed by atoms with E-state index in [1.165, 1.54) is 18.9 Å². The van der Waals surface area contributed by atoms with Gasteiger partial charge in [-0.1, -0.05) is 26.2 Å². The number of hydrogen-bond acceptors (Lipinski definition) is 2. The highest BCUT2D eigenvalue weighted by Gasteiger charge is 2.07. The molecule has 0 spiro atoms. The molecule has 1 aromatic carbocycles. The van der Waals surface area contributed by atoms with Crippen LogP contribution in [0.5, 0.6) is 0 Å². The Morgan fingerprint density at radius 3 is 2.55 bits per heavy atom. The second kappa shape index (κ2) is 8.19. The zero-order chi connectivity index (χ0) is 15.0. The van der Waals surface area contributed by atoms with E-state index >= 15 is 0 Å². The Hall–Kier alpha value is -2.04. The Kier molecular flexibility index (Phi) is 6.56. The van der Waals surface area contributed by atoms with Crippen LogP contribution in [0, 0.1) is 6.92 Å². The molecule has 0 saturated carbocycles. The number of unbranched alkanes of at least 4 members (excludes halogenated alkanes) is 3. The van der Waals surface area contributed by atoms with Gasteiger partial charge in [-0.15, -0.1) is 0 Å². The number of benzene rings is 1. The van der Waals surface area contributed by atoms with Gasteiger partial charge in [-0.05, 0) is 37.1 Å². The molecule has 1 aromatic rings. The third-order valence-corrected chi connectivity index (χ3v) is 3.04. The first-order valence-corrected chi connectivity index (χ1v) is 6.93. The third-order valence-electron chi connectivity index (χ3n) is 3.04. The van der Waals surface area contributed by atoms with Crippen molar-refractivity contribution in [3.8, 4) is 0 Å². The number of amides is 2. The molecule has 2 amide bonds. The fourth-order valence-corrected chi connectivity index (χ4v) is 1.86. The van der Waals surface area contributed by atoms with Gasteiger partial charge in [0.25, 0.3) is 0 Å². The van der Waals surface area contributed by atoms with E-state index in [-0.39, 0.29) is 11.6 Å². The molecule has 0 atom stereocenters. The minimum atomic E-state index is -0.972. The van der Waals surface area contributed by atoms with Crippen LogP contribution in [0.4, 0.5) is 10.5 Å². The first-order valence-electron chi connectivity index (χ1n) is 6.93. The van der Waals surface area contributed by atoms with Gasteiger partial charge in [0.1, 0.15) is 0 Å². The maximum Gasteiger partial charge on any atom is 0.335 e. The molecule has 0 saturated heterocycles. The molecule has 0 heterocycles.